The number of aryl methyl sites for hydroxylation is 1. The number of carbonyl (C=O) groups excluding carboxylic acids is 1. The molecule has 21 heavy (non-hydrogen) atoms. The molecule has 0 bridgehead atoms. The predicted octanol–water partition coefficient (Wildman–Crippen LogP) is 1.01. The number of halogens is 1. The van der Waals surface area contributed by atoms with Crippen molar-refractivity contribution in [3.05, 3.63) is 47.5 Å². The van der Waals surface area contributed by atoms with Crippen molar-refractivity contribution < 1.29 is 4.79 Å². The van der Waals surface area contributed by atoms with Crippen molar-refractivity contribution in [2.45, 2.75) is 32.6 Å². The standard InChI is InChI=1S/C14H17N5O.ClH/c20-14(3-4-19-10-16-9-18-19)17-6-11-1-2-12-7-15-8-13(12)5-11;/h1-2,5,9-10,15H,3-4,6-8H2,(H,17,20);1H. The number of carbonyl (C=O) groups is 1. The van der Waals surface area contributed by atoms with E-state index in [-0.39, 0.29) is 18.3 Å². The van der Waals surface area contributed by atoms with Gasteiger partial charge in [0, 0.05) is 26.1 Å². The quantitative estimate of drug-likeness (QED) is 0.865. The molecule has 1 aromatic carbocycles. The maximum Gasteiger partial charge on any atom is 0.222 e. The molecule has 3 rings (SSSR count). The molecule has 1 aliphatic rings. The average Bonchev–Trinajstić information content (AvgIpc) is 3.13. The molecule has 1 amide bonds. The Labute approximate surface area is 129 Å². The summed E-state index contributed by atoms with van der Waals surface area (Å²) in [4.78, 5) is 15.6. The Hall–Kier alpha value is -1.92. The summed E-state index contributed by atoms with van der Waals surface area (Å²) in [5.41, 5.74) is 3.83. The van der Waals surface area contributed by atoms with Crippen LogP contribution in [-0.4, -0.2) is 20.7 Å². The number of rotatable bonds is 5. The van der Waals surface area contributed by atoms with E-state index in [1.54, 1.807) is 11.0 Å². The fraction of sp³-hybridized carbons (Fsp3) is 0.357. The minimum absolute atomic E-state index is 0. The highest BCUT2D eigenvalue weighted by Gasteiger charge is 2.10. The molecule has 0 atom stereocenters. The predicted molar refractivity (Wildman–Crippen MR) is 80.7 cm³/mol. The molecule has 0 unspecified atom stereocenters. The summed E-state index contributed by atoms with van der Waals surface area (Å²) < 4.78 is 1.65. The summed E-state index contributed by atoms with van der Waals surface area (Å²) in [6.45, 7) is 2.99. The molecule has 2 aromatic rings. The van der Waals surface area contributed by atoms with Crippen LogP contribution in [0.1, 0.15) is 23.1 Å². The lowest BCUT2D eigenvalue weighted by molar-refractivity contribution is -0.121. The number of benzene rings is 1. The summed E-state index contributed by atoms with van der Waals surface area (Å²) in [5.74, 6) is 0.0270. The fourth-order valence-electron chi connectivity index (χ4n) is 2.31. The van der Waals surface area contributed by atoms with Crippen LogP contribution in [0.3, 0.4) is 0 Å². The Bertz CT molecular complexity index is 599. The monoisotopic (exact) mass is 307 g/mol. The zero-order chi connectivity index (χ0) is 13.8. The number of hydrogen-bond acceptors (Lipinski definition) is 4. The van der Waals surface area contributed by atoms with Crippen LogP contribution in [0, 0.1) is 0 Å². The molecule has 1 aromatic heterocycles. The van der Waals surface area contributed by atoms with Gasteiger partial charge in [0.1, 0.15) is 12.7 Å². The lowest BCUT2D eigenvalue weighted by Crippen LogP contribution is -2.24. The van der Waals surface area contributed by atoms with Crippen molar-refractivity contribution in [1.29, 1.82) is 0 Å². The Balaban J connectivity index is 0.00000161. The first-order chi connectivity index (χ1) is 9.81. The zero-order valence-electron chi connectivity index (χ0n) is 11.6. The summed E-state index contributed by atoms with van der Waals surface area (Å²) in [6, 6.07) is 6.36. The minimum Gasteiger partial charge on any atom is -0.352 e. The average molecular weight is 308 g/mol. The van der Waals surface area contributed by atoms with E-state index in [0.717, 1.165) is 18.7 Å². The maximum absolute atomic E-state index is 11.8. The van der Waals surface area contributed by atoms with Gasteiger partial charge in [0.2, 0.25) is 5.91 Å². The van der Waals surface area contributed by atoms with E-state index in [4.69, 9.17) is 0 Å². The van der Waals surface area contributed by atoms with Gasteiger partial charge in [-0.3, -0.25) is 9.48 Å². The molecule has 2 N–H and O–H groups in total. The van der Waals surface area contributed by atoms with Gasteiger partial charge >= 0.3 is 0 Å². The highest BCUT2D eigenvalue weighted by molar-refractivity contribution is 5.85. The largest absolute Gasteiger partial charge is 0.352 e. The third-order valence-corrected chi connectivity index (χ3v) is 3.43. The van der Waals surface area contributed by atoms with Gasteiger partial charge in [-0.05, 0) is 16.7 Å². The topological polar surface area (TPSA) is 71.8 Å². The van der Waals surface area contributed by atoms with Gasteiger partial charge in [0.25, 0.3) is 0 Å². The first-order valence-electron chi connectivity index (χ1n) is 6.72. The Morgan fingerprint density at radius 3 is 3.00 bits per heavy atom. The third kappa shape index (κ3) is 4.03. The zero-order valence-corrected chi connectivity index (χ0v) is 12.4. The van der Waals surface area contributed by atoms with E-state index < -0.39 is 0 Å². The molecule has 0 saturated heterocycles. The first-order valence-corrected chi connectivity index (χ1v) is 6.72. The number of nitrogens with one attached hydrogen (secondary N) is 2. The fourth-order valence-corrected chi connectivity index (χ4v) is 2.31. The van der Waals surface area contributed by atoms with E-state index in [9.17, 15) is 4.79 Å². The Morgan fingerprint density at radius 1 is 1.33 bits per heavy atom. The molecular formula is C14H18ClN5O. The molecule has 112 valence electrons. The molecule has 7 heteroatoms. The number of nitrogens with zero attached hydrogens (tertiary/aromatic N) is 3. The number of hydrogen-bond donors (Lipinski definition) is 2. The van der Waals surface area contributed by atoms with Crippen molar-refractivity contribution in [3.63, 3.8) is 0 Å². The lowest BCUT2D eigenvalue weighted by atomic mass is 10.1. The number of amides is 1. The van der Waals surface area contributed by atoms with Crippen LogP contribution in [0.4, 0.5) is 0 Å². The molecule has 0 radical (unpaired) electrons. The van der Waals surface area contributed by atoms with Crippen molar-refractivity contribution in [1.82, 2.24) is 25.4 Å². The van der Waals surface area contributed by atoms with Gasteiger partial charge in [0.15, 0.2) is 0 Å². The van der Waals surface area contributed by atoms with E-state index in [0.29, 0.717) is 19.5 Å². The Kier molecular flexibility index (Phi) is 5.30. The van der Waals surface area contributed by atoms with Crippen molar-refractivity contribution in [2.75, 3.05) is 0 Å². The van der Waals surface area contributed by atoms with E-state index in [2.05, 4.69) is 38.9 Å². The molecule has 0 saturated carbocycles. The van der Waals surface area contributed by atoms with Crippen LogP contribution in [0.15, 0.2) is 30.9 Å². The molecule has 6 nitrogen and oxygen atoms in total. The van der Waals surface area contributed by atoms with Gasteiger partial charge < -0.3 is 10.6 Å². The van der Waals surface area contributed by atoms with Crippen LogP contribution in [0.2, 0.25) is 0 Å². The summed E-state index contributed by atoms with van der Waals surface area (Å²) in [6.07, 6.45) is 3.49. The summed E-state index contributed by atoms with van der Waals surface area (Å²) >= 11 is 0. The maximum atomic E-state index is 11.8. The SMILES string of the molecule is Cl.O=C(CCn1cncn1)NCc1ccc2c(c1)CNC2. The highest BCUT2D eigenvalue weighted by Crippen LogP contribution is 2.16. The second-order valence-electron chi connectivity index (χ2n) is 4.89. The minimum atomic E-state index is 0. The van der Waals surface area contributed by atoms with Crippen molar-refractivity contribution >= 4 is 18.3 Å². The third-order valence-electron chi connectivity index (χ3n) is 3.43. The van der Waals surface area contributed by atoms with Crippen LogP contribution in [0.5, 0.6) is 0 Å². The van der Waals surface area contributed by atoms with Gasteiger partial charge in [-0.15, -0.1) is 12.4 Å². The Morgan fingerprint density at radius 2 is 2.19 bits per heavy atom. The van der Waals surface area contributed by atoms with Gasteiger partial charge in [-0.2, -0.15) is 5.10 Å². The van der Waals surface area contributed by atoms with Crippen molar-refractivity contribution in [3.8, 4) is 0 Å². The van der Waals surface area contributed by atoms with E-state index in [1.165, 1.54) is 17.5 Å². The van der Waals surface area contributed by atoms with E-state index >= 15 is 0 Å². The van der Waals surface area contributed by atoms with Gasteiger partial charge in [-0.25, -0.2) is 4.98 Å². The molecule has 0 spiro atoms. The van der Waals surface area contributed by atoms with Crippen molar-refractivity contribution in [2.24, 2.45) is 0 Å². The van der Waals surface area contributed by atoms with Crippen LogP contribution >= 0.6 is 12.4 Å². The normalized spacial score (nSPS) is 12.6. The smallest absolute Gasteiger partial charge is 0.222 e. The van der Waals surface area contributed by atoms with Crippen LogP contribution in [-0.2, 0) is 31.0 Å². The molecule has 1 aliphatic heterocycles. The van der Waals surface area contributed by atoms with Crippen LogP contribution < -0.4 is 10.6 Å². The van der Waals surface area contributed by atoms with Gasteiger partial charge in [-0.1, -0.05) is 18.2 Å². The number of fused-ring (bicyclic) bond motifs is 1. The van der Waals surface area contributed by atoms with Crippen LogP contribution in [0.25, 0.3) is 0 Å². The summed E-state index contributed by atoms with van der Waals surface area (Å²) in [7, 11) is 0. The first kappa shape index (κ1) is 15.5. The second kappa shape index (κ2) is 7.19. The highest BCUT2D eigenvalue weighted by atomic mass is 35.5. The molecule has 0 fully saturated rings. The van der Waals surface area contributed by atoms with Gasteiger partial charge in [0.05, 0.1) is 6.54 Å². The lowest BCUT2D eigenvalue weighted by Gasteiger charge is -2.07. The molecule has 0 aliphatic carbocycles. The molecular weight excluding hydrogens is 290 g/mol. The second-order valence-corrected chi connectivity index (χ2v) is 4.89. The molecule has 2 heterocycles. The number of aromatic nitrogens is 3. The summed E-state index contributed by atoms with van der Waals surface area (Å²) in [5, 5.41) is 10.2. The van der Waals surface area contributed by atoms with E-state index in [1.807, 2.05) is 0 Å².